The maximum atomic E-state index is 12.8. The zero-order valence-electron chi connectivity index (χ0n) is 20.8. The monoisotopic (exact) mass is 528 g/mol. The van der Waals surface area contributed by atoms with Gasteiger partial charge in [0.15, 0.2) is 0 Å². The van der Waals surface area contributed by atoms with Crippen LogP contribution in [0.3, 0.4) is 0 Å². The van der Waals surface area contributed by atoms with Crippen LogP contribution in [0.4, 0.5) is 11.5 Å². The molecule has 3 fully saturated rings. The molecule has 1 aliphatic heterocycles. The first-order valence-corrected chi connectivity index (χ1v) is 13.5. The van der Waals surface area contributed by atoms with E-state index in [1.807, 2.05) is 42.6 Å². The Labute approximate surface area is 225 Å². The number of pyridine rings is 2. The highest BCUT2D eigenvalue weighted by Crippen LogP contribution is 2.48. The fourth-order valence-electron chi connectivity index (χ4n) is 5.40. The number of anilines is 2. The highest BCUT2D eigenvalue weighted by molar-refractivity contribution is 6.30. The van der Waals surface area contributed by atoms with Crippen LogP contribution < -0.4 is 16.0 Å². The second kappa shape index (κ2) is 9.08. The lowest BCUT2D eigenvalue weighted by Gasteiger charge is -2.38. The van der Waals surface area contributed by atoms with Gasteiger partial charge in [-0.15, -0.1) is 0 Å². The minimum Gasteiger partial charge on any atom is -0.382 e. The van der Waals surface area contributed by atoms with Gasteiger partial charge in [-0.25, -0.2) is 9.97 Å². The summed E-state index contributed by atoms with van der Waals surface area (Å²) in [7, 11) is 0. The van der Waals surface area contributed by atoms with Crippen LogP contribution >= 0.6 is 11.6 Å². The number of β-amino-alcohol motifs (C(OH)–C–C–N with tert-alkyl or cyclic N) is 1. The van der Waals surface area contributed by atoms with E-state index in [9.17, 15) is 9.90 Å². The predicted molar refractivity (Wildman–Crippen MR) is 146 cm³/mol. The van der Waals surface area contributed by atoms with Crippen LogP contribution in [0, 0.1) is 5.92 Å². The summed E-state index contributed by atoms with van der Waals surface area (Å²) in [6.07, 6.45) is 9.08. The van der Waals surface area contributed by atoms with Crippen molar-refractivity contribution in [2.75, 3.05) is 23.7 Å². The van der Waals surface area contributed by atoms with Crippen molar-refractivity contribution in [1.82, 2.24) is 19.7 Å². The van der Waals surface area contributed by atoms with Crippen molar-refractivity contribution in [2.24, 2.45) is 5.92 Å². The van der Waals surface area contributed by atoms with E-state index in [0.29, 0.717) is 36.4 Å². The molecule has 2 atom stereocenters. The van der Waals surface area contributed by atoms with Gasteiger partial charge in [-0.3, -0.25) is 4.79 Å². The van der Waals surface area contributed by atoms with Gasteiger partial charge in [0.2, 0.25) is 5.91 Å². The number of nitrogens with one attached hydrogen (secondary N) is 3. The number of aromatic nitrogens is 3. The van der Waals surface area contributed by atoms with Crippen LogP contribution in [0.2, 0.25) is 5.02 Å². The van der Waals surface area contributed by atoms with E-state index in [4.69, 9.17) is 16.6 Å². The molecule has 1 amide bonds. The minimum absolute atomic E-state index is 0.0256. The number of hydrogen-bond acceptors (Lipinski definition) is 6. The lowest BCUT2D eigenvalue weighted by atomic mass is 9.87. The average Bonchev–Trinajstić information content (AvgIpc) is 3.82. The summed E-state index contributed by atoms with van der Waals surface area (Å²) >= 11 is 6.11. The van der Waals surface area contributed by atoms with E-state index in [-0.39, 0.29) is 17.7 Å². The topological polar surface area (TPSA) is 104 Å². The number of benzene rings is 1. The van der Waals surface area contributed by atoms with Gasteiger partial charge in [0, 0.05) is 59.9 Å². The van der Waals surface area contributed by atoms with E-state index < -0.39 is 5.60 Å². The zero-order chi connectivity index (χ0) is 25.9. The van der Waals surface area contributed by atoms with Crippen LogP contribution in [0.5, 0.6) is 0 Å². The third-order valence-electron chi connectivity index (χ3n) is 7.90. The summed E-state index contributed by atoms with van der Waals surface area (Å²) in [5.74, 6) is 1.20. The number of amides is 1. The van der Waals surface area contributed by atoms with Gasteiger partial charge in [0.1, 0.15) is 17.1 Å². The Hall–Kier alpha value is -3.46. The summed E-state index contributed by atoms with van der Waals surface area (Å²) in [4.78, 5) is 22.0. The fraction of sp³-hybridized carbons (Fsp3) is 0.345. The molecule has 0 spiro atoms. The molecule has 9 heteroatoms. The molecule has 2 saturated carbocycles. The Balaban J connectivity index is 1.03. The molecule has 0 unspecified atom stereocenters. The molecule has 0 bridgehead atoms. The molecule has 194 valence electrons. The van der Waals surface area contributed by atoms with Crippen LogP contribution in [0.1, 0.15) is 53.5 Å². The number of hydrogen-bond donors (Lipinski definition) is 4. The highest BCUT2D eigenvalue weighted by atomic mass is 35.5. The second-order valence-corrected chi connectivity index (χ2v) is 11.3. The third kappa shape index (κ3) is 4.53. The Morgan fingerprint density at radius 2 is 2.03 bits per heavy atom. The molecule has 8 nitrogen and oxygen atoms in total. The summed E-state index contributed by atoms with van der Waals surface area (Å²) in [6, 6.07) is 13.6. The van der Waals surface area contributed by atoms with E-state index in [0.717, 1.165) is 34.6 Å². The summed E-state index contributed by atoms with van der Waals surface area (Å²) in [6.45, 7) is 1.60. The molecular formula is C29H29ClN6O2. The first-order valence-electron chi connectivity index (χ1n) is 13.2. The Morgan fingerprint density at radius 1 is 1.16 bits per heavy atom. The number of nitrogens with zero attached hydrogens (tertiary/aromatic N) is 3. The SMILES string of the molecule is O=C(Nc1cc(NCc2cn3cc(C4CC4)cc(C4(O)CNC4)c3n2)ccn1)[C@H]1C[C@@H]1c1cccc(Cl)c1. The molecule has 0 radical (unpaired) electrons. The van der Waals surface area contributed by atoms with Crippen LogP contribution in [0.25, 0.3) is 5.65 Å². The molecule has 1 aromatic carbocycles. The van der Waals surface area contributed by atoms with Gasteiger partial charge in [0.25, 0.3) is 0 Å². The normalized spacial score (nSPS) is 21.6. The molecule has 7 rings (SSSR count). The fourth-order valence-corrected chi connectivity index (χ4v) is 5.60. The molecule has 1 saturated heterocycles. The van der Waals surface area contributed by atoms with Crippen molar-refractivity contribution < 1.29 is 9.90 Å². The maximum absolute atomic E-state index is 12.8. The summed E-state index contributed by atoms with van der Waals surface area (Å²) in [5, 5.41) is 21.3. The van der Waals surface area contributed by atoms with E-state index in [1.54, 1.807) is 6.20 Å². The number of aliphatic hydroxyl groups is 1. The molecule has 4 N–H and O–H groups in total. The minimum atomic E-state index is -0.867. The smallest absolute Gasteiger partial charge is 0.229 e. The van der Waals surface area contributed by atoms with Crippen LogP contribution in [0.15, 0.2) is 61.1 Å². The van der Waals surface area contributed by atoms with Crippen molar-refractivity contribution >= 4 is 34.7 Å². The predicted octanol–water partition coefficient (Wildman–Crippen LogP) is 4.41. The molecule has 2 aliphatic carbocycles. The number of rotatable bonds is 8. The van der Waals surface area contributed by atoms with Crippen molar-refractivity contribution in [1.29, 1.82) is 0 Å². The molecule has 3 aromatic heterocycles. The molecule has 4 heterocycles. The van der Waals surface area contributed by atoms with Gasteiger partial charge in [-0.1, -0.05) is 23.7 Å². The largest absolute Gasteiger partial charge is 0.382 e. The highest BCUT2D eigenvalue weighted by Gasteiger charge is 2.44. The Kier molecular flexibility index (Phi) is 5.65. The average molecular weight is 529 g/mol. The van der Waals surface area contributed by atoms with Gasteiger partial charge < -0.3 is 25.5 Å². The van der Waals surface area contributed by atoms with Crippen molar-refractivity contribution in [3.8, 4) is 0 Å². The molecule has 3 aliphatic rings. The van der Waals surface area contributed by atoms with Gasteiger partial charge >= 0.3 is 0 Å². The standard InChI is InChI=1S/C29H29ClN6O2/c30-20-3-1-2-18(8-20)23-11-24(23)28(37)35-26-10-21(6-7-32-26)33-12-22-14-36-13-19(17-4-5-17)9-25(27(36)34-22)29(38)15-31-16-29/h1-3,6-10,13-14,17,23-24,31,38H,4-5,11-12,15-16H2,(H2,32,33,35,37)/t23-,24+/m1/s1. The summed E-state index contributed by atoms with van der Waals surface area (Å²) in [5.41, 5.74) is 4.92. The number of halogens is 1. The van der Waals surface area contributed by atoms with E-state index in [2.05, 4.69) is 37.6 Å². The zero-order valence-corrected chi connectivity index (χ0v) is 21.6. The Bertz CT molecular complexity index is 1540. The van der Waals surface area contributed by atoms with Gasteiger partial charge in [-0.05, 0) is 66.5 Å². The lowest BCUT2D eigenvalue weighted by Crippen LogP contribution is -2.57. The summed E-state index contributed by atoms with van der Waals surface area (Å²) < 4.78 is 2.06. The van der Waals surface area contributed by atoms with E-state index >= 15 is 0 Å². The van der Waals surface area contributed by atoms with Crippen LogP contribution in [-0.4, -0.2) is 38.5 Å². The first-order chi connectivity index (χ1) is 18.4. The lowest BCUT2D eigenvalue weighted by molar-refractivity contribution is -0.117. The maximum Gasteiger partial charge on any atom is 0.229 e. The third-order valence-corrected chi connectivity index (χ3v) is 8.13. The second-order valence-electron chi connectivity index (χ2n) is 10.8. The van der Waals surface area contributed by atoms with Crippen molar-refractivity contribution in [2.45, 2.75) is 43.2 Å². The molecule has 38 heavy (non-hydrogen) atoms. The number of carbonyl (C=O) groups excluding carboxylic acids is 1. The van der Waals surface area contributed by atoms with Crippen LogP contribution in [-0.2, 0) is 16.9 Å². The van der Waals surface area contributed by atoms with Crippen molar-refractivity contribution in [3.05, 3.63) is 88.5 Å². The van der Waals surface area contributed by atoms with Gasteiger partial charge in [-0.2, -0.15) is 0 Å². The van der Waals surface area contributed by atoms with E-state index in [1.165, 1.54) is 18.4 Å². The number of carbonyl (C=O) groups is 1. The Morgan fingerprint density at radius 3 is 2.79 bits per heavy atom. The number of imidazole rings is 1. The molecule has 4 aromatic rings. The number of fused-ring (bicyclic) bond motifs is 1. The quantitative estimate of drug-likeness (QED) is 0.270. The first kappa shape index (κ1) is 23.6. The van der Waals surface area contributed by atoms with Crippen molar-refractivity contribution in [3.63, 3.8) is 0 Å². The molecular weight excluding hydrogens is 500 g/mol. The van der Waals surface area contributed by atoms with Gasteiger partial charge in [0.05, 0.1) is 12.2 Å².